The zero-order valence-electron chi connectivity index (χ0n) is 8.76. The second kappa shape index (κ2) is 5.87. The number of hydrogen-bond donors (Lipinski definition) is 1. The summed E-state index contributed by atoms with van der Waals surface area (Å²) in [6.45, 7) is -0.573. The van der Waals surface area contributed by atoms with Crippen molar-refractivity contribution in [1.82, 2.24) is 9.88 Å². The van der Waals surface area contributed by atoms with Crippen LogP contribution in [0.25, 0.3) is 0 Å². The third-order valence-corrected chi connectivity index (χ3v) is 2.04. The van der Waals surface area contributed by atoms with E-state index in [2.05, 4.69) is 10.9 Å². The topological polar surface area (TPSA) is 70.5 Å². The normalized spacial score (nSPS) is 9.41. The summed E-state index contributed by atoms with van der Waals surface area (Å²) in [5.74, 6) is 0.514. The van der Waals surface area contributed by atoms with Crippen LogP contribution in [0.1, 0.15) is 10.5 Å². The maximum Gasteiger partial charge on any atom is 0.323 e. The van der Waals surface area contributed by atoms with Gasteiger partial charge in [-0.15, -0.1) is 6.42 Å². The van der Waals surface area contributed by atoms with Crippen molar-refractivity contribution in [2.75, 3.05) is 13.1 Å². The van der Waals surface area contributed by atoms with Gasteiger partial charge in [-0.3, -0.25) is 9.59 Å². The van der Waals surface area contributed by atoms with Gasteiger partial charge in [0.1, 0.15) is 17.4 Å². The average Bonchev–Trinajstić information content (AvgIpc) is 2.27. The number of carboxylic acid groups (broad SMARTS) is 1. The van der Waals surface area contributed by atoms with Crippen LogP contribution < -0.4 is 0 Å². The molecule has 88 valence electrons. The predicted molar refractivity (Wildman–Crippen MR) is 61.6 cm³/mol. The summed E-state index contributed by atoms with van der Waals surface area (Å²) in [7, 11) is 0. The first kappa shape index (κ1) is 13.0. The first-order valence-corrected chi connectivity index (χ1v) is 4.99. The molecule has 1 aromatic heterocycles. The number of aromatic nitrogens is 1. The van der Waals surface area contributed by atoms with Crippen molar-refractivity contribution in [2.45, 2.75) is 0 Å². The van der Waals surface area contributed by atoms with E-state index in [1.807, 2.05) is 0 Å². The van der Waals surface area contributed by atoms with Crippen LogP contribution in [0.15, 0.2) is 18.2 Å². The summed E-state index contributed by atoms with van der Waals surface area (Å²) in [5.41, 5.74) is 0.0639. The number of aliphatic carboxylic acids is 1. The molecule has 0 aliphatic carbocycles. The molecule has 0 aliphatic rings. The Balaban J connectivity index is 2.92. The molecule has 0 saturated carbocycles. The molecule has 0 atom stereocenters. The van der Waals surface area contributed by atoms with Gasteiger partial charge >= 0.3 is 5.97 Å². The van der Waals surface area contributed by atoms with E-state index < -0.39 is 18.4 Å². The molecule has 0 radical (unpaired) electrons. The molecule has 1 aromatic rings. The Hall–Kier alpha value is -2.06. The molecule has 1 heterocycles. The zero-order chi connectivity index (χ0) is 12.8. The summed E-state index contributed by atoms with van der Waals surface area (Å²) in [4.78, 5) is 27.2. The highest BCUT2D eigenvalue weighted by atomic mass is 35.5. The molecule has 0 fully saturated rings. The van der Waals surface area contributed by atoms with Gasteiger partial charge in [-0.05, 0) is 12.1 Å². The lowest BCUT2D eigenvalue weighted by atomic mass is 10.3. The number of amides is 1. The summed E-state index contributed by atoms with van der Waals surface area (Å²) >= 11 is 5.64. The van der Waals surface area contributed by atoms with E-state index in [1.165, 1.54) is 12.1 Å². The van der Waals surface area contributed by atoms with E-state index in [9.17, 15) is 9.59 Å². The van der Waals surface area contributed by atoms with Crippen LogP contribution >= 0.6 is 11.6 Å². The van der Waals surface area contributed by atoms with Crippen molar-refractivity contribution < 1.29 is 14.7 Å². The number of rotatable bonds is 4. The first-order valence-electron chi connectivity index (χ1n) is 4.61. The van der Waals surface area contributed by atoms with Gasteiger partial charge in [-0.2, -0.15) is 0 Å². The Morgan fingerprint density at radius 3 is 2.76 bits per heavy atom. The molecule has 0 saturated heterocycles. The van der Waals surface area contributed by atoms with Crippen LogP contribution in [-0.2, 0) is 4.79 Å². The molecular formula is C11H9ClN2O3. The molecule has 5 nitrogen and oxygen atoms in total. The number of pyridine rings is 1. The van der Waals surface area contributed by atoms with Gasteiger partial charge in [0.15, 0.2) is 0 Å². The molecule has 0 unspecified atom stereocenters. The largest absolute Gasteiger partial charge is 0.480 e. The van der Waals surface area contributed by atoms with Gasteiger partial charge in [-0.1, -0.05) is 23.6 Å². The highest BCUT2D eigenvalue weighted by Gasteiger charge is 2.18. The van der Waals surface area contributed by atoms with Gasteiger partial charge in [0.05, 0.1) is 6.54 Å². The minimum atomic E-state index is -1.14. The predicted octanol–water partition coefficient (Wildman–Crippen LogP) is 0.895. The Labute approximate surface area is 103 Å². The van der Waals surface area contributed by atoms with Crippen LogP contribution in [0.5, 0.6) is 0 Å². The van der Waals surface area contributed by atoms with Crippen molar-refractivity contribution >= 4 is 23.5 Å². The van der Waals surface area contributed by atoms with E-state index >= 15 is 0 Å². The number of nitrogens with zero attached hydrogens (tertiary/aromatic N) is 2. The minimum Gasteiger partial charge on any atom is -0.480 e. The SMILES string of the molecule is C#CCN(CC(=O)O)C(=O)c1cccc(Cl)n1. The average molecular weight is 253 g/mol. The smallest absolute Gasteiger partial charge is 0.323 e. The lowest BCUT2D eigenvalue weighted by Crippen LogP contribution is -2.36. The highest BCUT2D eigenvalue weighted by molar-refractivity contribution is 6.29. The molecular weight excluding hydrogens is 244 g/mol. The summed E-state index contributed by atoms with van der Waals surface area (Å²) in [5, 5.41) is 8.81. The monoisotopic (exact) mass is 252 g/mol. The molecule has 0 aliphatic heterocycles. The van der Waals surface area contributed by atoms with Crippen molar-refractivity contribution in [3.8, 4) is 12.3 Å². The van der Waals surface area contributed by atoms with Crippen molar-refractivity contribution in [2.24, 2.45) is 0 Å². The molecule has 0 aromatic carbocycles. The summed E-state index contributed by atoms with van der Waals surface area (Å²) in [6.07, 6.45) is 5.07. The number of carbonyl (C=O) groups is 2. The second-order valence-electron chi connectivity index (χ2n) is 3.10. The number of halogens is 1. The first-order chi connectivity index (χ1) is 8.04. The van der Waals surface area contributed by atoms with Crippen molar-refractivity contribution in [3.05, 3.63) is 29.0 Å². The van der Waals surface area contributed by atoms with Crippen LogP contribution in [0.4, 0.5) is 0 Å². The fraction of sp³-hybridized carbons (Fsp3) is 0.182. The maximum atomic E-state index is 11.9. The van der Waals surface area contributed by atoms with Gasteiger partial charge in [0, 0.05) is 0 Å². The molecule has 1 amide bonds. The molecule has 1 N–H and O–H groups in total. The Morgan fingerprint density at radius 1 is 1.53 bits per heavy atom. The number of carboxylic acids is 1. The van der Waals surface area contributed by atoms with Crippen LogP contribution in [0.2, 0.25) is 5.15 Å². The van der Waals surface area contributed by atoms with E-state index in [0.717, 1.165) is 4.90 Å². The summed E-state index contributed by atoms with van der Waals surface area (Å²) < 4.78 is 0. The van der Waals surface area contributed by atoms with E-state index in [1.54, 1.807) is 6.07 Å². The fourth-order valence-corrected chi connectivity index (χ4v) is 1.33. The second-order valence-corrected chi connectivity index (χ2v) is 3.49. The number of carbonyl (C=O) groups excluding carboxylic acids is 1. The molecule has 0 spiro atoms. The van der Waals surface area contributed by atoms with Gasteiger partial charge < -0.3 is 10.0 Å². The lowest BCUT2D eigenvalue weighted by Gasteiger charge is -2.17. The number of terminal acetylenes is 1. The fourth-order valence-electron chi connectivity index (χ4n) is 1.16. The lowest BCUT2D eigenvalue weighted by molar-refractivity contribution is -0.137. The van der Waals surface area contributed by atoms with Crippen LogP contribution in [0, 0.1) is 12.3 Å². The van der Waals surface area contributed by atoms with Crippen molar-refractivity contribution in [1.29, 1.82) is 0 Å². The van der Waals surface area contributed by atoms with Crippen molar-refractivity contribution in [3.63, 3.8) is 0 Å². The third-order valence-electron chi connectivity index (χ3n) is 1.83. The Kier molecular flexibility index (Phi) is 4.49. The molecule has 6 heteroatoms. The van der Waals surface area contributed by atoms with Gasteiger partial charge in [0.2, 0.25) is 0 Å². The zero-order valence-corrected chi connectivity index (χ0v) is 9.52. The standard InChI is InChI=1S/C11H9ClN2O3/c1-2-6-14(7-10(15)16)11(17)8-4-3-5-9(12)13-8/h1,3-5H,6-7H2,(H,15,16). The Bertz CT molecular complexity index is 482. The van der Waals surface area contributed by atoms with Crippen LogP contribution in [0.3, 0.4) is 0 Å². The highest BCUT2D eigenvalue weighted by Crippen LogP contribution is 2.07. The van der Waals surface area contributed by atoms with Gasteiger partial charge in [0.25, 0.3) is 5.91 Å². The third kappa shape index (κ3) is 3.78. The molecule has 17 heavy (non-hydrogen) atoms. The molecule has 0 bridgehead atoms. The number of hydrogen-bond acceptors (Lipinski definition) is 3. The van der Waals surface area contributed by atoms with E-state index in [0.29, 0.717) is 0 Å². The molecule has 1 rings (SSSR count). The van der Waals surface area contributed by atoms with E-state index in [-0.39, 0.29) is 17.4 Å². The van der Waals surface area contributed by atoms with E-state index in [4.69, 9.17) is 23.1 Å². The maximum absolute atomic E-state index is 11.9. The Morgan fingerprint density at radius 2 is 2.24 bits per heavy atom. The summed E-state index contributed by atoms with van der Waals surface area (Å²) in [6, 6.07) is 4.51. The quantitative estimate of drug-likeness (QED) is 0.638. The van der Waals surface area contributed by atoms with Crippen LogP contribution in [-0.4, -0.2) is 40.0 Å². The van der Waals surface area contributed by atoms with Gasteiger partial charge in [-0.25, -0.2) is 4.98 Å². The minimum absolute atomic E-state index is 0.0639.